The van der Waals surface area contributed by atoms with Gasteiger partial charge >= 0.3 is 0 Å². The summed E-state index contributed by atoms with van der Waals surface area (Å²) in [4.78, 5) is 4.34. The normalized spacial score (nSPS) is 10.9. The van der Waals surface area contributed by atoms with Crippen molar-refractivity contribution in [3.05, 3.63) is 23.3 Å². The number of aromatic nitrogens is 1. The van der Waals surface area contributed by atoms with Crippen molar-refractivity contribution in [1.82, 2.24) is 4.98 Å². The molecule has 80 valence electrons. The first-order valence-corrected chi connectivity index (χ1v) is 5.02. The predicted octanol–water partition coefficient (Wildman–Crippen LogP) is 1.82. The van der Waals surface area contributed by atoms with Gasteiger partial charge in [0.2, 0.25) is 0 Å². The average Bonchev–Trinajstić information content (AvgIpc) is 2.57. The van der Waals surface area contributed by atoms with E-state index in [0.717, 1.165) is 16.7 Å². The van der Waals surface area contributed by atoms with Crippen molar-refractivity contribution in [3.8, 4) is 0 Å². The summed E-state index contributed by atoms with van der Waals surface area (Å²) in [6, 6.07) is 4.64. The first kappa shape index (κ1) is 9.98. The summed E-state index contributed by atoms with van der Waals surface area (Å²) in [5, 5.41) is 3.03. The minimum absolute atomic E-state index is 0.546. The number of anilines is 1. The fourth-order valence-corrected chi connectivity index (χ4v) is 1.63. The minimum atomic E-state index is 0.546. The van der Waals surface area contributed by atoms with E-state index >= 15 is 0 Å². The Bertz CT molecular complexity index is 476. The first-order valence-electron chi connectivity index (χ1n) is 5.02. The van der Waals surface area contributed by atoms with Crippen molar-refractivity contribution in [2.45, 2.75) is 13.8 Å². The van der Waals surface area contributed by atoms with Gasteiger partial charge in [0.15, 0.2) is 5.58 Å². The van der Waals surface area contributed by atoms with Crippen LogP contribution in [0.1, 0.15) is 11.1 Å². The molecule has 0 fully saturated rings. The van der Waals surface area contributed by atoms with Gasteiger partial charge in [0, 0.05) is 13.1 Å². The number of aryl methyl sites for hydroxylation is 2. The van der Waals surface area contributed by atoms with Gasteiger partial charge in [-0.25, -0.2) is 0 Å². The van der Waals surface area contributed by atoms with Crippen LogP contribution in [-0.2, 0) is 0 Å². The van der Waals surface area contributed by atoms with Crippen LogP contribution < -0.4 is 11.1 Å². The number of benzene rings is 1. The Hall–Kier alpha value is -1.55. The van der Waals surface area contributed by atoms with Crippen molar-refractivity contribution in [3.63, 3.8) is 0 Å². The zero-order chi connectivity index (χ0) is 10.8. The number of hydrogen-bond donors (Lipinski definition) is 2. The lowest BCUT2D eigenvalue weighted by molar-refractivity contribution is 0.612. The number of hydrogen-bond acceptors (Lipinski definition) is 4. The molecule has 3 N–H and O–H groups in total. The fraction of sp³-hybridized carbons (Fsp3) is 0.364. The van der Waals surface area contributed by atoms with E-state index in [4.69, 9.17) is 10.2 Å². The van der Waals surface area contributed by atoms with Crippen molar-refractivity contribution >= 4 is 17.1 Å². The monoisotopic (exact) mass is 205 g/mol. The van der Waals surface area contributed by atoms with Crippen LogP contribution in [0.4, 0.5) is 6.01 Å². The van der Waals surface area contributed by atoms with Crippen LogP contribution in [0, 0.1) is 13.8 Å². The summed E-state index contributed by atoms with van der Waals surface area (Å²) in [5.41, 5.74) is 9.44. The van der Waals surface area contributed by atoms with Crippen LogP contribution in [0.2, 0.25) is 0 Å². The number of fused-ring (bicyclic) bond motifs is 1. The molecule has 15 heavy (non-hydrogen) atoms. The summed E-state index contributed by atoms with van der Waals surface area (Å²) in [5.74, 6) is 0. The molecule has 0 unspecified atom stereocenters. The topological polar surface area (TPSA) is 64.1 Å². The Labute approximate surface area is 88.5 Å². The highest BCUT2D eigenvalue weighted by molar-refractivity contribution is 5.78. The van der Waals surface area contributed by atoms with Crippen molar-refractivity contribution < 1.29 is 4.42 Å². The standard InChI is InChI=1S/C11H15N3O/c1-7-5-8(2)10-9(6-7)14-11(15-10)13-4-3-12/h5-6H,3-4,12H2,1-2H3,(H,13,14). The van der Waals surface area contributed by atoms with Gasteiger partial charge < -0.3 is 15.5 Å². The second-order valence-electron chi connectivity index (χ2n) is 3.66. The molecular weight excluding hydrogens is 190 g/mol. The molecular formula is C11H15N3O. The highest BCUT2D eigenvalue weighted by Gasteiger charge is 2.07. The van der Waals surface area contributed by atoms with Crippen molar-refractivity contribution in [1.29, 1.82) is 0 Å². The maximum Gasteiger partial charge on any atom is 0.295 e. The lowest BCUT2D eigenvalue weighted by Gasteiger charge is -1.96. The first-order chi connectivity index (χ1) is 7.20. The largest absolute Gasteiger partial charge is 0.423 e. The van der Waals surface area contributed by atoms with Gasteiger partial charge in [0.05, 0.1) is 0 Å². The van der Waals surface area contributed by atoms with Gasteiger partial charge in [-0.05, 0) is 31.0 Å². The summed E-state index contributed by atoms with van der Waals surface area (Å²) in [6.07, 6.45) is 0. The maximum atomic E-state index is 5.58. The average molecular weight is 205 g/mol. The molecule has 0 aliphatic heterocycles. The molecule has 0 radical (unpaired) electrons. The Morgan fingerprint density at radius 3 is 2.93 bits per heavy atom. The van der Waals surface area contributed by atoms with Gasteiger partial charge in [-0.15, -0.1) is 0 Å². The predicted molar refractivity (Wildman–Crippen MR) is 61.0 cm³/mol. The molecule has 1 aromatic heterocycles. The number of nitrogens with one attached hydrogen (secondary N) is 1. The Morgan fingerprint density at radius 1 is 1.40 bits per heavy atom. The van der Waals surface area contributed by atoms with Gasteiger partial charge in [-0.1, -0.05) is 6.07 Å². The molecule has 2 aromatic rings. The van der Waals surface area contributed by atoms with E-state index in [2.05, 4.69) is 16.4 Å². The third-order valence-corrected chi connectivity index (χ3v) is 2.24. The molecule has 0 aliphatic rings. The molecule has 0 bridgehead atoms. The number of rotatable bonds is 3. The summed E-state index contributed by atoms with van der Waals surface area (Å²) >= 11 is 0. The number of nitrogens with two attached hydrogens (primary N) is 1. The quantitative estimate of drug-likeness (QED) is 0.802. The molecule has 0 spiro atoms. The van der Waals surface area contributed by atoms with Crippen molar-refractivity contribution in [2.75, 3.05) is 18.4 Å². The molecule has 0 atom stereocenters. The van der Waals surface area contributed by atoms with E-state index in [-0.39, 0.29) is 0 Å². The summed E-state index contributed by atoms with van der Waals surface area (Å²) < 4.78 is 5.58. The number of oxazole rings is 1. The van der Waals surface area contributed by atoms with Gasteiger partial charge in [-0.3, -0.25) is 0 Å². The highest BCUT2D eigenvalue weighted by atomic mass is 16.4. The minimum Gasteiger partial charge on any atom is -0.423 e. The van der Waals surface area contributed by atoms with E-state index in [1.54, 1.807) is 0 Å². The molecule has 0 saturated heterocycles. The Morgan fingerprint density at radius 2 is 2.20 bits per heavy atom. The third-order valence-electron chi connectivity index (χ3n) is 2.24. The lowest BCUT2D eigenvalue weighted by atomic mass is 10.1. The van der Waals surface area contributed by atoms with Crippen LogP contribution in [-0.4, -0.2) is 18.1 Å². The molecule has 0 amide bonds. The van der Waals surface area contributed by atoms with E-state index in [1.165, 1.54) is 5.56 Å². The maximum absolute atomic E-state index is 5.58. The van der Waals surface area contributed by atoms with Gasteiger partial charge in [-0.2, -0.15) is 4.98 Å². The van der Waals surface area contributed by atoms with E-state index < -0.39 is 0 Å². The SMILES string of the molecule is Cc1cc(C)c2oc(NCCN)nc2c1. The van der Waals surface area contributed by atoms with Gasteiger partial charge in [0.25, 0.3) is 6.01 Å². The van der Waals surface area contributed by atoms with Crippen LogP contribution in [0.3, 0.4) is 0 Å². The fourth-order valence-electron chi connectivity index (χ4n) is 1.63. The zero-order valence-corrected chi connectivity index (χ0v) is 9.00. The highest BCUT2D eigenvalue weighted by Crippen LogP contribution is 2.23. The summed E-state index contributed by atoms with van der Waals surface area (Å²) in [6.45, 7) is 5.31. The third kappa shape index (κ3) is 1.94. The van der Waals surface area contributed by atoms with E-state index in [9.17, 15) is 0 Å². The molecule has 1 aromatic carbocycles. The Balaban J connectivity index is 2.41. The Kier molecular flexibility index (Phi) is 2.60. The van der Waals surface area contributed by atoms with Gasteiger partial charge in [0.1, 0.15) is 5.52 Å². The smallest absolute Gasteiger partial charge is 0.295 e. The van der Waals surface area contributed by atoms with Crippen LogP contribution in [0.25, 0.3) is 11.1 Å². The second-order valence-corrected chi connectivity index (χ2v) is 3.66. The van der Waals surface area contributed by atoms with Crippen LogP contribution in [0.15, 0.2) is 16.5 Å². The second kappa shape index (κ2) is 3.90. The van der Waals surface area contributed by atoms with E-state index in [0.29, 0.717) is 19.1 Å². The molecule has 0 aliphatic carbocycles. The molecule has 2 rings (SSSR count). The zero-order valence-electron chi connectivity index (χ0n) is 9.00. The van der Waals surface area contributed by atoms with Crippen molar-refractivity contribution in [2.24, 2.45) is 5.73 Å². The van der Waals surface area contributed by atoms with Crippen LogP contribution >= 0.6 is 0 Å². The molecule has 4 heteroatoms. The number of nitrogens with zero attached hydrogens (tertiary/aromatic N) is 1. The van der Waals surface area contributed by atoms with Crippen LogP contribution in [0.5, 0.6) is 0 Å². The molecule has 1 heterocycles. The van der Waals surface area contributed by atoms with E-state index in [1.807, 2.05) is 19.9 Å². The molecule has 0 saturated carbocycles. The summed E-state index contributed by atoms with van der Waals surface area (Å²) in [7, 11) is 0. The lowest BCUT2D eigenvalue weighted by Crippen LogP contribution is -2.13. The molecule has 4 nitrogen and oxygen atoms in total.